The molecule has 2 rings (SSSR count). The number of ether oxygens (including phenoxy) is 1. The number of amides is 1. The van der Waals surface area contributed by atoms with Crippen LogP contribution in [0.5, 0.6) is 5.75 Å². The third-order valence-electron chi connectivity index (χ3n) is 4.01. The molecule has 0 saturated carbocycles. The summed E-state index contributed by atoms with van der Waals surface area (Å²) in [5.74, 6) is 0.253. The maximum atomic E-state index is 12.6. The van der Waals surface area contributed by atoms with Gasteiger partial charge in [-0.05, 0) is 29.8 Å². The second-order valence-electron chi connectivity index (χ2n) is 7.17. The number of nitrogens with zero attached hydrogens (tertiary/aromatic N) is 1. The van der Waals surface area contributed by atoms with E-state index in [-0.39, 0.29) is 11.1 Å². The number of imidazole rings is 1. The van der Waals surface area contributed by atoms with Crippen molar-refractivity contribution < 1.29 is 14.3 Å². The standard InChI is InChI=1S/C21H26N4O3/c1-21(2,3)19-17(23-13-24-19)11-15(12-26)25-20(27)18(22-4)10-14-7-6-8-16(9-14)28-5/h6-13,22H,1-5H3,(H,23,24)(H,25,27)/b15-11-,18-10-. The van der Waals surface area contributed by atoms with Crippen LogP contribution in [0.3, 0.4) is 0 Å². The predicted octanol–water partition coefficient (Wildman–Crippen LogP) is 2.63. The maximum Gasteiger partial charge on any atom is 0.271 e. The molecular formula is C21H26N4O3. The first-order valence-corrected chi connectivity index (χ1v) is 8.84. The minimum Gasteiger partial charge on any atom is -0.497 e. The molecule has 0 aliphatic carbocycles. The molecule has 0 atom stereocenters. The monoisotopic (exact) mass is 382 g/mol. The number of carbonyl (C=O) groups is 2. The van der Waals surface area contributed by atoms with Gasteiger partial charge in [0.05, 0.1) is 24.8 Å². The largest absolute Gasteiger partial charge is 0.497 e. The summed E-state index contributed by atoms with van der Waals surface area (Å²) in [5.41, 5.74) is 2.52. The number of H-pyrrole nitrogens is 1. The third-order valence-corrected chi connectivity index (χ3v) is 4.01. The van der Waals surface area contributed by atoms with E-state index >= 15 is 0 Å². The van der Waals surface area contributed by atoms with Crippen LogP contribution < -0.4 is 15.4 Å². The normalized spacial score (nSPS) is 12.5. The molecule has 2 aromatic rings. The Bertz CT molecular complexity index is 904. The molecule has 7 heteroatoms. The molecule has 0 unspecified atom stereocenters. The van der Waals surface area contributed by atoms with Gasteiger partial charge in [-0.2, -0.15) is 0 Å². The van der Waals surface area contributed by atoms with E-state index in [0.717, 1.165) is 11.3 Å². The number of aldehydes is 1. The third kappa shape index (κ3) is 5.33. The molecule has 1 heterocycles. The van der Waals surface area contributed by atoms with Gasteiger partial charge in [-0.1, -0.05) is 32.9 Å². The zero-order valence-electron chi connectivity index (χ0n) is 16.8. The molecule has 0 saturated heterocycles. The van der Waals surface area contributed by atoms with Crippen LogP contribution in [-0.2, 0) is 15.0 Å². The summed E-state index contributed by atoms with van der Waals surface area (Å²) in [7, 11) is 3.22. The summed E-state index contributed by atoms with van der Waals surface area (Å²) >= 11 is 0. The molecule has 1 aromatic carbocycles. The highest BCUT2D eigenvalue weighted by molar-refractivity contribution is 6.01. The lowest BCUT2D eigenvalue weighted by Crippen LogP contribution is -2.30. The summed E-state index contributed by atoms with van der Waals surface area (Å²) in [5, 5.41) is 5.48. The second kappa shape index (κ2) is 9.03. The number of rotatable bonds is 7. The van der Waals surface area contributed by atoms with Crippen LogP contribution in [0.25, 0.3) is 12.2 Å². The van der Waals surface area contributed by atoms with Crippen molar-refractivity contribution in [2.75, 3.05) is 14.2 Å². The Kier molecular flexibility index (Phi) is 6.76. The smallest absolute Gasteiger partial charge is 0.271 e. The number of hydrogen-bond acceptors (Lipinski definition) is 5. The Morgan fingerprint density at radius 2 is 2.00 bits per heavy atom. The van der Waals surface area contributed by atoms with Gasteiger partial charge < -0.3 is 20.4 Å². The summed E-state index contributed by atoms with van der Waals surface area (Å²) in [4.78, 5) is 31.4. The molecule has 0 fully saturated rings. The van der Waals surface area contributed by atoms with Crippen molar-refractivity contribution in [3.8, 4) is 5.75 Å². The fraction of sp³-hybridized carbons (Fsp3) is 0.286. The number of aromatic amines is 1. The van der Waals surface area contributed by atoms with Crippen LogP contribution >= 0.6 is 0 Å². The molecule has 0 bridgehead atoms. The Labute approximate surface area is 164 Å². The topological polar surface area (TPSA) is 96.1 Å². The number of aromatic nitrogens is 2. The van der Waals surface area contributed by atoms with E-state index in [9.17, 15) is 9.59 Å². The van der Waals surface area contributed by atoms with Gasteiger partial charge in [0.2, 0.25) is 0 Å². The first-order chi connectivity index (χ1) is 13.3. The molecule has 3 N–H and O–H groups in total. The molecule has 0 spiro atoms. The SMILES string of the molecule is CN/C(=C\c1cccc(OC)c1)C(=O)N/C(C=O)=C\c1nc[nH]c1C(C)(C)C. The summed E-state index contributed by atoms with van der Waals surface area (Å²) in [6, 6.07) is 7.31. The highest BCUT2D eigenvalue weighted by atomic mass is 16.5. The zero-order chi connectivity index (χ0) is 20.7. The molecule has 0 aliphatic heterocycles. The van der Waals surface area contributed by atoms with Gasteiger partial charge in [0.1, 0.15) is 11.4 Å². The first-order valence-electron chi connectivity index (χ1n) is 8.84. The van der Waals surface area contributed by atoms with Crippen molar-refractivity contribution in [1.29, 1.82) is 0 Å². The Morgan fingerprint density at radius 3 is 2.61 bits per heavy atom. The molecule has 0 aliphatic rings. The van der Waals surface area contributed by atoms with E-state index in [1.807, 2.05) is 39.0 Å². The van der Waals surface area contributed by atoms with Crippen LogP contribution in [0, 0.1) is 0 Å². The van der Waals surface area contributed by atoms with Crippen molar-refractivity contribution in [1.82, 2.24) is 20.6 Å². The lowest BCUT2D eigenvalue weighted by Gasteiger charge is -2.17. The Hall–Kier alpha value is -3.35. The van der Waals surface area contributed by atoms with Crippen molar-refractivity contribution in [3.63, 3.8) is 0 Å². The number of benzene rings is 1. The number of likely N-dealkylation sites (N-methyl/N-ethyl adjacent to an activating group) is 1. The van der Waals surface area contributed by atoms with Crippen molar-refractivity contribution in [2.45, 2.75) is 26.2 Å². The zero-order valence-corrected chi connectivity index (χ0v) is 16.8. The molecule has 1 amide bonds. The molecule has 28 heavy (non-hydrogen) atoms. The highest BCUT2D eigenvalue weighted by Crippen LogP contribution is 2.24. The number of nitrogens with one attached hydrogen (secondary N) is 3. The van der Waals surface area contributed by atoms with Crippen molar-refractivity contribution in [3.05, 3.63) is 58.9 Å². The number of allylic oxidation sites excluding steroid dienone is 1. The average molecular weight is 382 g/mol. The number of carbonyl (C=O) groups excluding carboxylic acids is 2. The first kappa shape index (κ1) is 21.0. The van der Waals surface area contributed by atoms with Crippen LogP contribution in [0.2, 0.25) is 0 Å². The molecule has 1 aromatic heterocycles. The minimum absolute atomic E-state index is 0.120. The van der Waals surface area contributed by atoms with Crippen LogP contribution in [0.1, 0.15) is 37.7 Å². The fourth-order valence-electron chi connectivity index (χ4n) is 2.61. The van der Waals surface area contributed by atoms with E-state index < -0.39 is 5.91 Å². The van der Waals surface area contributed by atoms with Gasteiger partial charge in [0.25, 0.3) is 5.91 Å². The molecular weight excluding hydrogens is 356 g/mol. The second-order valence-corrected chi connectivity index (χ2v) is 7.17. The van der Waals surface area contributed by atoms with E-state index in [0.29, 0.717) is 23.4 Å². The van der Waals surface area contributed by atoms with Gasteiger partial charge >= 0.3 is 0 Å². The van der Waals surface area contributed by atoms with E-state index in [4.69, 9.17) is 4.74 Å². The Balaban J connectivity index is 2.26. The van der Waals surface area contributed by atoms with Gasteiger partial charge in [-0.3, -0.25) is 9.59 Å². The highest BCUT2D eigenvalue weighted by Gasteiger charge is 2.20. The number of hydrogen-bond donors (Lipinski definition) is 3. The van der Waals surface area contributed by atoms with Crippen molar-refractivity contribution in [2.24, 2.45) is 0 Å². The van der Waals surface area contributed by atoms with E-state index in [1.54, 1.807) is 38.7 Å². The summed E-state index contributed by atoms with van der Waals surface area (Å²) in [6.45, 7) is 6.10. The maximum absolute atomic E-state index is 12.6. The minimum atomic E-state index is -0.434. The van der Waals surface area contributed by atoms with Crippen LogP contribution in [-0.4, -0.2) is 36.3 Å². The van der Waals surface area contributed by atoms with Gasteiger partial charge in [0, 0.05) is 18.2 Å². The van der Waals surface area contributed by atoms with Crippen LogP contribution in [0.4, 0.5) is 0 Å². The van der Waals surface area contributed by atoms with E-state index in [1.165, 1.54) is 0 Å². The van der Waals surface area contributed by atoms with Gasteiger partial charge in [0.15, 0.2) is 6.29 Å². The molecule has 7 nitrogen and oxygen atoms in total. The lowest BCUT2D eigenvalue weighted by molar-refractivity contribution is -0.118. The summed E-state index contributed by atoms with van der Waals surface area (Å²) < 4.78 is 5.19. The fourth-order valence-corrected chi connectivity index (χ4v) is 2.61. The predicted molar refractivity (Wildman–Crippen MR) is 110 cm³/mol. The van der Waals surface area contributed by atoms with Gasteiger partial charge in [-0.25, -0.2) is 4.98 Å². The van der Waals surface area contributed by atoms with Crippen LogP contribution in [0.15, 0.2) is 42.0 Å². The number of methoxy groups -OCH3 is 1. The average Bonchev–Trinajstić information content (AvgIpc) is 3.14. The Morgan fingerprint density at radius 1 is 1.25 bits per heavy atom. The lowest BCUT2D eigenvalue weighted by atomic mass is 9.90. The summed E-state index contributed by atoms with van der Waals surface area (Å²) in [6.07, 6.45) is 5.40. The molecule has 148 valence electrons. The van der Waals surface area contributed by atoms with Crippen molar-refractivity contribution >= 4 is 24.3 Å². The van der Waals surface area contributed by atoms with Gasteiger partial charge in [-0.15, -0.1) is 0 Å². The molecule has 0 radical (unpaired) electrons. The quantitative estimate of drug-likeness (QED) is 0.505. The van der Waals surface area contributed by atoms with E-state index in [2.05, 4.69) is 20.6 Å².